The van der Waals surface area contributed by atoms with Crippen molar-refractivity contribution in [1.82, 2.24) is 9.44 Å². The van der Waals surface area contributed by atoms with Gasteiger partial charge in [-0.15, -0.1) is 0 Å². The molecule has 0 fully saturated rings. The van der Waals surface area contributed by atoms with Gasteiger partial charge in [0.2, 0.25) is 20.0 Å². The van der Waals surface area contributed by atoms with Crippen molar-refractivity contribution in [2.24, 2.45) is 0 Å². The predicted molar refractivity (Wildman–Crippen MR) is 114 cm³/mol. The van der Waals surface area contributed by atoms with Crippen molar-refractivity contribution in [3.05, 3.63) is 47.5 Å². The second-order valence-corrected chi connectivity index (χ2v) is 10.3. The summed E-state index contributed by atoms with van der Waals surface area (Å²) in [6.07, 6.45) is 0. The number of carbonyl (C=O) groups excluding carboxylic acids is 1. The lowest BCUT2D eigenvalue weighted by molar-refractivity contribution is 0.102. The van der Waals surface area contributed by atoms with Crippen molar-refractivity contribution in [3.8, 4) is 5.75 Å². The van der Waals surface area contributed by atoms with Gasteiger partial charge in [0.15, 0.2) is 0 Å². The number of benzene rings is 2. The molecule has 9 nitrogen and oxygen atoms in total. The van der Waals surface area contributed by atoms with Crippen LogP contribution in [0.3, 0.4) is 0 Å². The van der Waals surface area contributed by atoms with Gasteiger partial charge in [-0.25, -0.2) is 26.3 Å². The number of rotatable bonds is 8. The van der Waals surface area contributed by atoms with Crippen LogP contribution in [-0.4, -0.2) is 42.9 Å². The average Bonchev–Trinajstić information content (AvgIpc) is 2.67. The number of amides is 1. The largest absolute Gasteiger partial charge is 0.495 e. The SMILES string of the molecule is CNS(=O)(=O)c1cc(NC(=O)c2ccc(OC)c(S(=O)(=O)NC(C)C)c2)ccc1C. The normalized spacial score (nSPS) is 12.1. The number of ether oxygens (including phenoxy) is 1. The van der Waals surface area contributed by atoms with Crippen LogP contribution in [0.1, 0.15) is 29.8 Å². The van der Waals surface area contributed by atoms with E-state index in [-0.39, 0.29) is 32.8 Å². The molecule has 0 saturated heterocycles. The average molecular weight is 456 g/mol. The van der Waals surface area contributed by atoms with E-state index in [1.54, 1.807) is 32.9 Å². The number of aryl methyl sites for hydroxylation is 1. The van der Waals surface area contributed by atoms with Crippen LogP contribution in [0.5, 0.6) is 5.75 Å². The highest BCUT2D eigenvalue weighted by Crippen LogP contribution is 2.26. The number of hydrogen-bond acceptors (Lipinski definition) is 6. The molecule has 0 heterocycles. The molecular weight excluding hydrogens is 430 g/mol. The zero-order chi connectivity index (χ0) is 22.7. The van der Waals surface area contributed by atoms with Crippen LogP contribution in [0.4, 0.5) is 5.69 Å². The molecule has 11 heteroatoms. The standard InChI is InChI=1S/C19H25N3O6S2/c1-12(2)22-30(26,27)18-10-14(7-9-16(18)28-5)19(23)21-15-8-6-13(3)17(11-15)29(24,25)20-4/h6-12,20,22H,1-5H3,(H,21,23). The molecule has 2 rings (SSSR count). The van der Waals surface area contributed by atoms with Gasteiger partial charge < -0.3 is 10.1 Å². The van der Waals surface area contributed by atoms with Crippen molar-refractivity contribution in [2.75, 3.05) is 19.5 Å². The molecule has 30 heavy (non-hydrogen) atoms. The smallest absolute Gasteiger partial charge is 0.255 e. The molecule has 0 aliphatic rings. The number of hydrogen-bond donors (Lipinski definition) is 3. The van der Waals surface area contributed by atoms with E-state index in [1.807, 2.05) is 0 Å². The van der Waals surface area contributed by atoms with Gasteiger partial charge in [-0.3, -0.25) is 4.79 Å². The second kappa shape index (κ2) is 9.13. The first-order valence-corrected chi connectivity index (χ1v) is 11.9. The van der Waals surface area contributed by atoms with Gasteiger partial charge in [-0.2, -0.15) is 0 Å². The highest BCUT2D eigenvalue weighted by atomic mass is 32.2. The molecular formula is C19H25N3O6S2. The van der Waals surface area contributed by atoms with E-state index in [0.29, 0.717) is 5.56 Å². The maximum absolute atomic E-state index is 12.7. The lowest BCUT2D eigenvalue weighted by Crippen LogP contribution is -2.30. The van der Waals surface area contributed by atoms with Crippen LogP contribution in [0.15, 0.2) is 46.2 Å². The molecule has 0 aliphatic carbocycles. The zero-order valence-electron chi connectivity index (χ0n) is 17.3. The van der Waals surface area contributed by atoms with E-state index < -0.39 is 26.0 Å². The van der Waals surface area contributed by atoms with Crippen LogP contribution in [-0.2, 0) is 20.0 Å². The summed E-state index contributed by atoms with van der Waals surface area (Å²) in [7, 11) is -4.98. The first kappa shape index (κ1) is 23.8. The lowest BCUT2D eigenvalue weighted by Gasteiger charge is -2.14. The van der Waals surface area contributed by atoms with Gasteiger partial charge in [0.05, 0.1) is 12.0 Å². The minimum Gasteiger partial charge on any atom is -0.495 e. The summed E-state index contributed by atoms with van der Waals surface area (Å²) in [4.78, 5) is 12.6. The van der Waals surface area contributed by atoms with E-state index in [0.717, 1.165) is 0 Å². The topological polar surface area (TPSA) is 131 Å². The molecule has 0 radical (unpaired) electrons. The highest BCUT2D eigenvalue weighted by Gasteiger charge is 2.23. The Morgan fingerprint density at radius 1 is 0.967 bits per heavy atom. The molecule has 3 N–H and O–H groups in total. The van der Waals surface area contributed by atoms with Crippen molar-refractivity contribution in [1.29, 1.82) is 0 Å². The quantitative estimate of drug-likeness (QED) is 0.557. The summed E-state index contributed by atoms with van der Waals surface area (Å²) in [6, 6.07) is 8.12. The Kier molecular flexibility index (Phi) is 7.24. The fourth-order valence-electron chi connectivity index (χ4n) is 2.68. The molecule has 164 valence electrons. The van der Waals surface area contributed by atoms with E-state index in [9.17, 15) is 21.6 Å². The number of sulfonamides is 2. The van der Waals surface area contributed by atoms with E-state index in [2.05, 4.69) is 14.8 Å². The van der Waals surface area contributed by atoms with Crippen LogP contribution >= 0.6 is 0 Å². The van der Waals surface area contributed by atoms with E-state index >= 15 is 0 Å². The molecule has 2 aromatic rings. The summed E-state index contributed by atoms with van der Waals surface area (Å²) >= 11 is 0. The molecule has 0 atom stereocenters. The third kappa shape index (κ3) is 5.36. The Balaban J connectivity index is 2.41. The van der Waals surface area contributed by atoms with Gasteiger partial charge >= 0.3 is 0 Å². The molecule has 1 amide bonds. The maximum atomic E-state index is 12.7. The first-order chi connectivity index (χ1) is 13.9. The molecule has 2 aromatic carbocycles. The molecule has 0 spiro atoms. The van der Waals surface area contributed by atoms with Gasteiger partial charge in [-0.1, -0.05) is 6.07 Å². The van der Waals surface area contributed by atoms with Gasteiger partial charge in [0, 0.05) is 17.3 Å². The summed E-state index contributed by atoms with van der Waals surface area (Å²) in [5.74, 6) is -0.507. The van der Waals surface area contributed by atoms with Crippen molar-refractivity contribution in [3.63, 3.8) is 0 Å². The minimum absolute atomic E-state index is 0.0296. The maximum Gasteiger partial charge on any atom is 0.255 e. The fraction of sp³-hybridized carbons (Fsp3) is 0.316. The van der Waals surface area contributed by atoms with Crippen LogP contribution in [0.2, 0.25) is 0 Å². The lowest BCUT2D eigenvalue weighted by atomic mass is 10.2. The fourth-order valence-corrected chi connectivity index (χ4v) is 5.12. The van der Waals surface area contributed by atoms with Gasteiger partial charge in [-0.05, 0) is 63.7 Å². The van der Waals surface area contributed by atoms with E-state index in [1.165, 1.54) is 38.4 Å². The Labute approximate surface area is 176 Å². The van der Waals surface area contributed by atoms with Crippen molar-refractivity contribution in [2.45, 2.75) is 36.6 Å². The van der Waals surface area contributed by atoms with Gasteiger partial charge in [0.1, 0.15) is 10.6 Å². The van der Waals surface area contributed by atoms with E-state index in [4.69, 9.17) is 4.74 Å². The Bertz CT molecular complexity index is 1160. The molecule has 0 aromatic heterocycles. The summed E-state index contributed by atoms with van der Waals surface area (Å²) in [5.41, 5.74) is 0.832. The minimum atomic E-state index is -3.91. The Morgan fingerprint density at radius 2 is 1.63 bits per heavy atom. The zero-order valence-corrected chi connectivity index (χ0v) is 18.9. The van der Waals surface area contributed by atoms with Crippen LogP contribution < -0.4 is 19.5 Å². The van der Waals surface area contributed by atoms with Crippen LogP contribution in [0.25, 0.3) is 0 Å². The van der Waals surface area contributed by atoms with Gasteiger partial charge in [0.25, 0.3) is 5.91 Å². The van der Waals surface area contributed by atoms with Crippen molar-refractivity contribution >= 4 is 31.6 Å². The molecule has 0 unspecified atom stereocenters. The third-order valence-corrected chi connectivity index (χ3v) is 7.35. The number of carbonyl (C=O) groups is 1. The summed E-state index contributed by atoms with van der Waals surface area (Å²) < 4.78 is 59.2. The molecule has 0 aliphatic heterocycles. The predicted octanol–water partition coefficient (Wildman–Crippen LogP) is 1.85. The Hall–Kier alpha value is -2.47. The molecule has 0 saturated carbocycles. The summed E-state index contributed by atoms with van der Waals surface area (Å²) in [5, 5.41) is 2.59. The van der Waals surface area contributed by atoms with Crippen molar-refractivity contribution < 1.29 is 26.4 Å². The second-order valence-electron chi connectivity index (χ2n) is 6.78. The number of anilines is 1. The third-order valence-electron chi connectivity index (χ3n) is 4.11. The Morgan fingerprint density at radius 3 is 2.20 bits per heavy atom. The highest BCUT2D eigenvalue weighted by molar-refractivity contribution is 7.89. The first-order valence-electron chi connectivity index (χ1n) is 8.97. The number of nitrogens with one attached hydrogen (secondary N) is 3. The van der Waals surface area contributed by atoms with Crippen LogP contribution in [0, 0.1) is 6.92 Å². The monoisotopic (exact) mass is 455 g/mol. The molecule has 0 bridgehead atoms. The number of methoxy groups -OCH3 is 1. The summed E-state index contributed by atoms with van der Waals surface area (Å²) in [6.45, 7) is 4.99.